The fraction of sp³-hybridized carbons (Fsp3) is 0.143. The number of ketones is 1. The molecular weight excluding hydrogens is 252 g/mol. The number of aromatic nitrogens is 1. The lowest BCUT2D eigenvalue weighted by molar-refractivity contribution is 0.101. The Bertz CT molecular complexity index is 641. The first kappa shape index (κ1) is 13.1. The topological polar surface area (TPSA) is 39.2 Å². The monoisotopic (exact) mass is 263 g/mol. The lowest BCUT2D eigenvalue weighted by Gasteiger charge is -2.07. The van der Waals surface area contributed by atoms with Crippen LogP contribution < -0.4 is 4.74 Å². The van der Waals surface area contributed by atoms with Crippen LogP contribution in [0.15, 0.2) is 30.5 Å². The third-order valence-electron chi connectivity index (χ3n) is 2.70. The SMILES string of the molecule is COc1cc(-c2ccc(C(C)=O)c(F)c2)c(F)cn1. The number of carbonyl (C=O) groups is 1. The van der Waals surface area contributed by atoms with E-state index in [0.717, 1.165) is 12.3 Å². The van der Waals surface area contributed by atoms with Crippen LogP contribution >= 0.6 is 0 Å². The zero-order chi connectivity index (χ0) is 14.0. The van der Waals surface area contributed by atoms with Gasteiger partial charge in [-0.1, -0.05) is 6.07 Å². The second-order valence-electron chi connectivity index (χ2n) is 3.96. The predicted molar refractivity (Wildman–Crippen MR) is 66.1 cm³/mol. The van der Waals surface area contributed by atoms with E-state index in [0.29, 0.717) is 5.56 Å². The maximum absolute atomic E-state index is 13.7. The average Bonchev–Trinajstić information content (AvgIpc) is 2.38. The van der Waals surface area contributed by atoms with Crippen molar-refractivity contribution >= 4 is 5.78 Å². The van der Waals surface area contributed by atoms with Gasteiger partial charge in [-0.15, -0.1) is 0 Å². The van der Waals surface area contributed by atoms with Gasteiger partial charge in [-0.2, -0.15) is 0 Å². The molecule has 2 rings (SSSR count). The summed E-state index contributed by atoms with van der Waals surface area (Å²) in [6.07, 6.45) is 1.00. The quantitative estimate of drug-likeness (QED) is 0.798. The number of hydrogen-bond acceptors (Lipinski definition) is 3. The molecular formula is C14H11F2NO2. The number of pyridine rings is 1. The summed E-state index contributed by atoms with van der Waals surface area (Å²) in [5.74, 6) is -1.42. The van der Waals surface area contributed by atoms with Crippen molar-refractivity contribution < 1.29 is 18.3 Å². The summed E-state index contributed by atoms with van der Waals surface area (Å²) in [7, 11) is 1.41. The molecule has 1 aromatic heterocycles. The Kier molecular flexibility index (Phi) is 3.55. The molecule has 5 heteroatoms. The van der Waals surface area contributed by atoms with Crippen molar-refractivity contribution in [2.45, 2.75) is 6.92 Å². The van der Waals surface area contributed by atoms with Crippen LogP contribution in [0.4, 0.5) is 8.78 Å². The number of hydrogen-bond donors (Lipinski definition) is 0. The van der Waals surface area contributed by atoms with E-state index in [-0.39, 0.29) is 22.8 Å². The molecule has 1 aromatic carbocycles. The van der Waals surface area contributed by atoms with Crippen LogP contribution in [0.1, 0.15) is 17.3 Å². The highest BCUT2D eigenvalue weighted by Crippen LogP contribution is 2.27. The van der Waals surface area contributed by atoms with Gasteiger partial charge in [0.05, 0.1) is 18.9 Å². The van der Waals surface area contributed by atoms with Gasteiger partial charge in [0.25, 0.3) is 0 Å². The fourth-order valence-electron chi connectivity index (χ4n) is 1.72. The van der Waals surface area contributed by atoms with Gasteiger partial charge in [-0.05, 0) is 24.6 Å². The number of benzene rings is 1. The van der Waals surface area contributed by atoms with E-state index >= 15 is 0 Å². The van der Waals surface area contributed by atoms with E-state index in [2.05, 4.69) is 4.98 Å². The van der Waals surface area contributed by atoms with Gasteiger partial charge in [-0.25, -0.2) is 13.8 Å². The molecule has 0 aliphatic rings. The smallest absolute Gasteiger partial charge is 0.213 e. The molecule has 0 saturated carbocycles. The molecule has 0 fully saturated rings. The summed E-state index contributed by atoms with van der Waals surface area (Å²) < 4.78 is 32.3. The Morgan fingerprint density at radius 2 is 1.95 bits per heavy atom. The molecule has 98 valence electrons. The first-order valence-electron chi connectivity index (χ1n) is 5.53. The molecule has 0 N–H and O–H groups in total. The van der Waals surface area contributed by atoms with Crippen molar-refractivity contribution in [1.82, 2.24) is 4.98 Å². The van der Waals surface area contributed by atoms with Gasteiger partial charge in [0.15, 0.2) is 5.78 Å². The highest BCUT2D eigenvalue weighted by atomic mass is 19.1. The van der Waals surface area contributed by atoms with E-state index in [4.69, 9.17) is 4.74 Å². The molecule has 19 heavy (non-hydrogen) atoms. The number of ether oxygens (including phenoxy) is 1. The van der Waals surface area contributed by atoms with Gasteiger partial charge in [0.2, 0.25) is 5.88 Å². The van der Waals surface area contributed by atoms with Crippen LogP contribution in [0.5, 0.6) is 5.88 Å². The summed E-state index contributed by atoms with van der Waals surface area (Å²) in [6, 6.07) is 5.31. The average molecular weight is 263 g/mol. The van der Waals surface area contributed by atoms with Crippen molar-refractivity contribution in [3.8, 4) is 17.0 Å². The number of carbonyl (C=O) groups excluding carboxylic acids is 1. The van der Waals surface area contributed by atoms with E-state index < -0.39 is 11.6 Å². The van der Waals surface area contributed by atoms with E-state index in [1.807, 2.05) is 0 Å². The highest BCUT2D eigenvalue weighted by Gasteiger charge is 2.12. The van der Waals surface area contributed by atoms with Crippen molar-refractivity contribution in [3.63, 3.8) is 0 Å². The molecule has 0 aliphatic heterocycles. The van der Waals surface area contributed by atoms with Crippen LogP contribution in [0.2, 0.25) is 0 Å². The summed E-state index contributed by atoms with van der Waals surface area (Å²) >= 11 is 0. The van der Waals surface area contributed by atoms with Crippen molar-refractivity contribution in [3.05, 3.63) is 47.7 Å². The summed E-state index contributed by atoms with van der Waals surface area (Å²) in [6.45, 7) is 1.27. The summed E-state index contributed by atoms with van der Waals surface area (Å²) in [5, 5.41) is 0. The summed E-state index contributed by atoms with van der Waals surface area (Å²) in [4.78, 5) is 14.8. The van der Waals surface area contributed by atoms with Gasteiger partial charge < -0.3 is 4.74 Å². The minimum absolute atomic E-state index is 0.0230. The molecule has 0 amide bonds. The first-order chi connectivity index (χ1) is 9.02. The molecule has 3 nitrogen and oxygen atoms in total. The van der Waals surface area contributed by atoms with Gasteiger partial charge in [-0.3, -0.25) is 4.79 Å². The lowest BCUT2D eigenvalue weighted by atomic mass is 10.0. The molecule has 0 bridgehead atoms. The molecule has 0 spiro atoms. The van der Waals surface area contributed by atoms with Crippen LogP contribution in [-0.4, -0.2) is 17.9 Å². The van der Waals surface area contributed by atoms with Gasteiger partial charge >= 0.3 is 0 Å². The Labute approximate surface area is 108 Å². The van der Waals surface area contributed by atoms with E-state index in [1.54, 1.807) is 0 Å². The number of Topliss-reactive ketones (excluding diaryl/α,β-unsaturated/α-hetero) is 1. The number of halogens is 2. The van der Waals surface area contributed by atoms with Gasteiger partial charge in [0.1, 0.15) is 11.6 Å². The second kappa shape index (κ2) is 5.14. The van der Waals surface area contributed by atoms with Crippen molar-refractivity contribution in [2.24, 2.45) is 0 Å². The molecule has 0 saturated heterocycles. The third kappa shape index (κ3) is 2.59. The third-order valence-corrected chi connectivity index (χ3v) is 2.70. The Hall–Kier alpha value is -2.30. The van der Waals surface area contributed by atoms with E-state index in [9.17, 15) is 13.6 Å². The summed E-state index contributed by atoms with van der Waals surface area (Å²) in [5.41, 5.74) is 0.465. The standard InChI is InChI=1S/C14H11F2NO2/c1-8(18)10-4-3-9(5-12(10)15)11-6-14(19-2)17-7-13(11)16/h3-7H,1-2H3. The van der Waals surface area contributed by atoms with Crippen LogP contribution in [-0.2, 0) is 0 Å². The maximum atomic E-state index is 13.7. The Morgan fingerprint density at radius 3 is 2.53 bits per heavy atom. The number of rotatable bonds is 3. The van der Waals surface area contributed by atoms with Crippen molar-refractivity contribution in [2.75, 3.05) is 7.11 Å². The molecule has 0 radical (unpaired) electrons. The predicted octanol–water partition coefficient (Wildman–Crippen LogP) is 3.24. The zero-order valence-electron chi connectivity index (χ0n) is 10.4. The number of nitrogens with zero attached hydrogens (tertiary/aromatic N) is 1. The number of methoxy groups -OCH3 is 1. The van der Waals surface area contributed by atoms with Crippen LogP contribution in [0.3, 0.4) is 0 Å². The molecule has 0 unspecified atom stereocenters. The molecule has 0 aliphatic carbocycles. The zero-order valence-corrected chi connectivity index (χ0v) is 10.4. The lowest BCUT2D eigenvalue weighted by Crippen LogP contribution is -1.98. The van der Waals surface area contributed by atoms with Gasteiger partial charge in [0, 0.05) is 11.6 Å². The Balaban J connectivity index is 2.53. The Morgan fingerprint density at radius 1 is 1.21 bits per heavy atom. The van der Waals surface area contributed by atoms with E-state index in [1.165, 1.54) is 32.2 Å². The molecule has 1 heterocycles. The largest absolute Gasteiger partial charge is 0.481 e. The van der Waals surface area contributed by atoms with Crippen LogP contribution in [0, 0.1) is 11.6 Å². The normalized spacial score (nSPS) is 10.3. The second-order valence-corrected chi connectivity index (χ2v) is 3.96. The fourth-order valence-corrected chi connectivity index (χ4v) is 1.72. The van der Waals surface area contributed by atoms with Crippen LogP contribution in [0.25, 0.3) is 11.1 Å². The molecule has 0 atom stereocenters. The van der Waals surface area contributed by atoms with Crippen molar-refractivity contribution in [1.29, 1.82) is 0 Å². The maximum Gasteiger partial charge on any atom is 0.213 e. The minimum Gasteiger partial charge on any atom is -0.481 e. The molecule has 2 aromatic rings. The minimum atomic E-state index is -0.680. The first-order valence-corrected chi connectivity index (χ1v) is 5.53. The highest BCUT2D eigenvalue weighted by molar-refractivity contribution is 5.94.